The van der Waals surface area contributed by atoms with Crippen LogP contribution < -0.4 is 5.32 Å². The third-order valence-corrected chi connectivity index (χ3v) is 11.7. The van der Waals surface area contributed by atoms with Crippen LogP contribution in [0.4, 0.5) is 0 Å². The Morgan fingerprint density at radius 1 is 1.22 bits per heavy atom. The Hall–Kier alpha value is -2.39. The van der Waals surface area contributed by atoms with Crippen LogP contribution in [0.25, 0.3) is 0 Å². The number of rotatable bonds is 7. The lowest BCUT2D eigenvalue weighted by atomic mass is 9.44. The zero-order valence-corrected chi connectivity index (χ0v) is 26.1. The molecule has 8 nitrogen and oxygen atoms in total. The summed E-state index contributed by atoms with van der Waals surface area (Å²) in [4.78, 5) is 44.0. The molecule has 3 aliphatic carbocycles. The minimum atomic E-state index is -0.702. The second kappa shape index (κ2) is 11.7. The van der Waals surface area contributed by atoms with Gasteiger partial charge in [0, 0.05) is 28.9 Å². The highest BCUT2D eigenvalue weighted by Crippen LogP contribution is 2.68. The summed E-state index contributed by atoms with van der Waals surface area (Å²) < 4.78 is 11.5. The molecule has 1 heterocycles. The standard InChI is InChI=1S/C32H46N2O6S/c1-9-15-39-28(38)25-20(5)33-29(34-21(25)6)41-17-24(36)40-23-16-30(7,10-2)27(37)19(4)32-13-11-18(3)31(23,8)26(32)22(35)12-14-32/h9-10,18-20,23,26-27,37H,1-2,11-17H2,3-8H3,(H,33,34)/t18-,19+,20?,23-,26+,27+,30-,31+,32+/m1/s1. The molecule has 3 fully saturated rings. The second-order valence-electron chi connectivity index (χ2n) is 13.0. The van der Waals surface area contributed by atoms with Gasteiger partial charge in [-0.1, -0.05) is 58.2 Å². The van der Waals surface area contributed by atoms with E-state index in [1.165, 1.54) is 17.8 Å². The quantitative estimate of drug-likeness (QED) is 0.317. The molecule has 0 aromatic rings. The average Bonchev–Trinajstić information content (AvgIpc) is 3.28. The van der Waals surface area contributed by atoms with Crippen molar-refractivity contribution in [1.82, 2.24) is 5.32 Å². The molecule has 0 amide bonds. The van der Waals surface area contributed by atoms with Crippen molar-refractivity contribution in [2.45, 2.75) is 91.9 Å². The number of thioether (sulfide) groups is 1. The topological polar surface area (TPSA) is 114 Å². The van der Waals surface area contributed by atoms with E-state index in [2.05, 4.69) is 44.2 Å². The van der Waals surface area contributed by atoms with Crippen molar-refractivity contribution in [2.75, 3.05) is 12.4 Å². The van der Waals surface area contributed by atoms with Crippen LogP contribution in [-0.2, 0) is 23.9 Å². The Labute approximate surface area is 248 Å². The van der Waals surface area contributed by atoms with Crippen molar-refractivity contribution in [2.24, 2.45) is 39.0 Å². The van der Waals surface area contributed by atoms with Gasteiger partial charge < -0.3 is 19.9 Å². The summed E-state index contributed by atoms with van der Waals surface area (Å²) in [5.74, 6) is -0.782. The van der Waals surface area contributed by atoms with Gasteiger partial charge in [0.2, 0.25) is 0 Å². The van der Waals surface area contributed by atoms with Gasteiger partial charge in [0.25, 0.3) is 0 Å². The van der Waals surface area contributed by atoms with E-state index in [0.29, 0.717) is 29.3 Å². The maximum Gasteiger partial charge on any atom is 0.338 e. The lowest BCUT2D eigenvalue weighted by Gasteiger charge is -2.61. The summed E-state index contributed by atoms with van der Waals surface area (Å²) in [5.41, 5.74) is -0.481. The molecule has 4 rings (SSSR count). The van der Waals surface area contributed by atoms with Crippen molar-refractivity contribution in [1.29, 1.82) is 0 Å². The number of Topliss-reactive ketones (excluding diaryl/α,β-unsaturated/α-hetero) is 1. The Morgan fingerprint density at radius 2 is 1.93 bits per heavy atom. The van der Waals surface area contributed by atoms with Gasteiger partial charge in [-0.05, 0) is 56.8 Å². The minimum Gasteiger partial charge on any atom is -0.461 e. The van der Waals surface area contributed by atoms with Crippen molar-refractivity contribution in [3.05, 3.63) is 36.6 Å². The van der Waals surface area contributed by atoms with E-state index in [4.69, 9.17) is 9.47 Å². The molecular weight excluding hydrogens is 540 g/mol. The van der Waals surface area contributed by atoms with Gasteiger partial charge in [0.05, 0.1) is 23.5 Å². The Kier molecular flexibility index (Phi) is 9.01. The number of hydrogen-bond acceptors (Lipinski definition) is 9. The van der Waals surface area contributed by atoms with Crippen LogP contribution in [0.5, 0.6) is 0 Å². The van der Waals surface area contributed by atoms with Gasteiger partial charge in [-0.2, -0.15) is 0 Å². The normalized spacial score (nSPS) is 40.4. The molecular formula is C32H46N2O6S. The number of aliphatic hydroxyl groups excluding tert-OH is 1. The molecule has 0 aromatic heterocycles. The van der Waals surface area contributed by atoms with E-state index in [1.807, 2.05) is 6.92 Å². The molecule has 3 saturated carbocycles. The van der Waals surface area contributed by atoms with Crippen LogP contribution in [0.3, 0.4) is 0 Å². The van der Waals surface area contributed by atoms with Gasteiger partial charge >= 0.3 is 11.9 Å². The summed E-state index contributed by atoms with van der Waals surface area (Å²) in [6.45, 7) is 19.7. The molecule has 1 unspecified atom stereocenters. The lowest BCUT2D eigenvalue weighted by molar-refractivity contribution is -0.205. The monoisotopic (exact) mass is 586 g/mol. The molecule has 9 atom stereocenters. The number of carbonyl (C=O) groups excluding carboxylic acids is 3. The van der Waals surface area contributed by atoms with Gasteiger partial charge in [-0.25, -0.2) is 4.79 Å². The molecule has 2 N–H and O–H groups in total. The number of hydrogen-bond donors (Lipinski definition) is 2. The summed E-state index contributed by atoms with van der Waals surface area (Å²) in [6.07, 6.45) is 5.53. The van der Waals surface area contributed by atoms with E-state index in [9.17, 15) is 19.5 Å². The number of aliphatic imine (C=N–C) groups is 1. The zero-order chi connectivity index (χ0) is 30.3. The van der Waals surface area contributed by atoms with Crippen molar-refractivity contribution in [3.8, 4) is 0 Å². The number of amidine groups is 1. The van der Waals surface area contributed by atoms with Crippen LogP contribution in [0.2, 0.25) is 0 Å². The molecule has 4 aliphatic rings. The highest BCUT2D eigenvalue weighted by Gasteiger charge is 2.68. The molecule has 0 aromatic carbocycles. The number of ether oxygens (including phenoxy) is 2. The fraction of sp³-hybridized carbons (Fsp3) is 0.688. The number of esters is 2. The predicted molar refractivity (Wildman–Crippen MR) is 161 cm³/mol. The SMILES string of the molecule is C=CCOC(=O)C1=C(C)NC(SCC(=O)O[C@@H]2C[C@@](C)(C=C)[C@@H](O)[C@H](C)[C@]34CCC(=O)[C@H]3[C@@]2(C)[C@H](C)CC4)=NC1C. The first-order valence-corrected chi connectivity index (χ1v) is 15.7. The van der Waals surface area contributed by atoms with E-state index in [-0.39, 0.29) is 41.3 Å². The van der Waals surface area contributed by atoms with E-state index < -0.39 is 41.0 Å². The zero-order valence-electron chi connectivity index (χ0n) is 25.3. The first-order valence-electron chi connectivity index (χ1n) is 14.8. The van der Waals surface area contributed by atoms with Crippen LogP contribution >= 0.6 is 11.8 Å². The third kappa shape index (κ3) is 5.33. The van der Waals surface area contributed by atoms with Crippen LogP contribution in [0, 0.1) is 34.0 Å². The summed E-state index contributed by atoms with van der Waals surface area (Å²) in [5, 5.41) is 15.3. The van der Waals surface area contributed by atoms with Gasteiger partial charge in [-0.3, -0.25) is 14.6 Å². The maximum atomic E-state index is 13.6. The molecule has 0 saturated heterocycles. The fourth-order valence-corrected chi connectivity index (χ4v) is 9.03. The smallest absolute Gasteiger partial charge is 0.338 e. The number of carbonyl (C=O) groups is 3. The summed E-state index contributed by atoms with van der Waals surface area (Å²) >= 11 is 1.22. The molecule has 9 heteroatoms. The van der Waals surface area contributed by atoms with Crippen LogP contribution in [0.1, 0.15) is 73.6 Å². The number of allylic oxidation sites excluding steroid dienone is 1. The van der Waals surface area contributed by atoms with E-state index in [0.717, 1.165) is 19.3 Å². The predicted octanol–water partition coefficient (Wildman–Crippen LogP) is 4.98. The Balaban J connectivity index is 1.55. The molecule has 0 spiro atoms. The fourth-order valence-electron chi connectivity index (χ4n) is 8.24. The number of nitrogens with one attached hydrogen (secondary N) is 1. The first-order chi connectivity index (χ1) is 19.2. The van der Waals surface area contributed by atoms with Crippen molar-refractivity contribution < 1.29 is 29.0 Å². The highest BCUT2D eigenvalue weighted by molar-refractivity contribution is 8.14. The second-order valence-corrected chi connectivity index (χ2v) is 14.0. The maximum absolute atomic E-state index is 13.6. The Bertz CT molecular complexity index is 1180. The Morgan fingerprint density at radius 3 is 2.56 bits per heavy atom. The number of aliphatic hydroxyl groups is 1. The first kappa shape index (κ1) is 31.5. The molecule has 226 valence electrons. The molecule has 1 aliphatic heterocycles. The van der Waals surface area contributed by atoms with Gasteiger partial charge in [-0.15, -0.1) is 6.58 Å². The third-order valence-electron chi connectivity index (χ3n) is 10.9. The number of nitrogens with zero attached hydrogens (tertiary/aromatic N) is 1. The molecule has 41 heavy (non-hydrogen) atoms. The lowest BCUT2D eigenvalue weighted by Crippen LogP contribution is -2.63. The largest absolute Gasteiger partial charge is 0.461 e. The minimum absolute atomic E-state index is 0.0105. The van der Waals surface area contributed by atoms with Crippen LogP contribution in [0.15, 0.2) is 41.6 Å². The summed E-state index contributed by atoms with van der Waals surface area (Å²) in [6, 6.07) is -0.432. The van der Waals surface area contributed by atoms with E-state index in [1.54, 1.807) is 19.9 Å². The van der Waals surface area contributed by atoms with Crippen molar-refractivity contribution in [3.63, 3.8) is 0 Å². The molecule has 2 bridgehead atoms. The van der Waals surface area contributed by atoms with Crippen molar-refractivity contribution >= 4 is 34.7 Å². The van der Waals surface area contributed by atoms with E-state index >= 15 is 0 Å². The average molecular weight is 587 g/mol. The number of ketones is 1. The van der Waals surface area contributed by atoms with Gasteiger partial charge in [0.15, 0.2) is 5.17 Å². The highest BCUT2D eigenvalue weighted by atomic mass is 32.2. The van der Waals surface area contributed by atoms with Gasteiger partial charge in [0.1, 0.15) is 18.5 Å². The summed E-state index contributed by atoms with van der Waals surface area (Å²) in [7, 11) is 0. The van der Waals surface area contributed by atoms with Crippen LogP contribution in [-0.4, -0.2) is 58.6 Å². The molecule has 0 radical (unpaired) electrons.